The van der Waals surface area contributed by atoms with Gasteiger partial charge in [-0.1, -0.05) is 0 Å². The predicted molar refractivity (Wildman–Crippen MR) is 117 cm³/mol. The Morgan fingerprint density at radius 1 is 1.15 bits per heavy atom. The summed E-state index contributed by atoms with van der Waals surface area (Å²) in [4.78, 5) is 26.4. The van der Waals surface area contributed by atoms with E-state index >= 15 is 0 Å². The number of alkyl halides is 3. The van der Waals surface area contributed by atoms with Crippen molar-refractivity contribution in [2.45, 2.75) is 13.1 Å². The Balaban J connectivity index is 1.58. The Bertz CT molecular complexity index is 1410. The normalized spacial score (nSPS) is 14.7. The smallest absolute Gasteiger partial charge is 0.368 e. The van der Waals surface area contributed by atoms with Crippen LogP contribution >= 0.6 is 0 Å². The minimum Gasteiger partial charge on any atom is -0.368 e. The molecule has 1 saturated heterocycles. The molecule has 0 saturated carbocycles. The highest BCUT2D eigenvalue weighted by Gasteiger charge is 2.35. The number of hydrogen-bond acceptors (Lipinski definition) is 6. The maximum Gasteiger partial charge on any atom is 0.451 e. The number of aromatic nitrogens is 4. The number of amides is 1. The van der Waals surface area contributed by atoms with Crippen LogP contribution in [-0.4, -0.2) is 51.4 Å². The monoisotopic (exact) mass is 473 g/mol. The van der Waals surface area contributed by atoms with Gasteiger partial charge in [0, 0.05) is 61.9 Å². The van der Waals surface area contributed by atoms with Crippen molar-refractivity contribution in [3.63, 3.8) is 0 Å². The molecule has 0 radical (unpaired) electrons. The molecule has 0 bridgehead atoms. The molecule has 176 valence electrons. The van der Waals surface area contributed by atoms with Crippen molar-refractivity contribution in [2.75, 3.05) is 36.4 Å². The fourth-order valence-corrected chi connectivity index (χ4v) is 4.05. The number of halogens is 4. The number of rotatable bonds is 3. The van der Waals surface area contributed by atoms with Gasteiger partial charge < -0.3 is 19.9 Å². The van der Waals surface area contributed by atoms with E-state index in [2.05, 4.69) is 25.6 Å². The van der Waals surface area contributed by atoms with Crippen LogP contribution in [0.1, 0.15) is 21.9 Å². The number of carbonyl (C=O) groups is 1. The van der Waals surface area contributed by atoms with Crippen molar-refractivity contribution >= 4 is 33.8 Å². The number of imidazole rings is 1. The van der Waals surface area contributed by atoms with Crippen LogP contribution in [0, 0.1) is 12.7 Å². The fraction of sp³-hybridized carbons (Fsp3) is 0.273. The third kappa shape index (κ3) is 4.00. The first-order chi connectivity index (χ1) is 16.2. The van der Waals surface area contributed by atoms with E-state index in [-0.39, 0.29) is 22.4 Å². The molecule has 0 unspecified atom stereocenters. The van der Waals surface area contributed by atoms with Crippen LogP contribution in [0.25, 0.3) is 16.6 Å². The molecule has 4 heterocycles. The number of aryl methyl sites for hydroxylation is 1. The van der Waals surface area contributed by atoms with E-state index in [1.165, 1.54) is 16.7 Å². The molecule has 0 spiro atoms. The van der Waals surface area contributed by atoms with Crippen molar-refractivity contribution in [3.05, 3.63) is 59.7 Å². The van der Waals surface area contributed by atoms with E-state index in [0.29, 0.717) is 42.9 Å². The number of hydrogen-bond donors (Lipinski definition) is 2. The van der Waals surface area contributed by atoms with Gasteiger partial charge in [-0.3, -0.25) is 4.79 Å². The summed E-state index contributed by atoms with van der Waals surface area (Å²) in [6.07, 6.45) is -0.613. The van der Waals surface area contributed by atoms with Crippen molar-refractivity contribution in [2.24, 2.45) is 0 Å². The first-order valence-corrected chi connectivity index (χ1v) is 10.5. The zero-order valence-corrected chi connectivity index (χ0v) is 17.9. The highest BCUT2D eigenvalue weighted by molar-refractivity contribution is 6.13. The summed E-state index contributed by atoms with van der Waals surface area (Å²) in [7, 11) is 0. The third-order valence-electron chi connectivity index (χ3n) is 5.57. The lowest BCUT2D eigenvalue weighted by Crippen LogP contribution is -2.43. The van der Waals surface area contributed by atoms with Gasteiger partial charge in [0.15, 0.2) is 11.5 Å². The maximum absolute atomic E-state index is 14.4. The lowest BCUT2D eigenvalue weighted by molar-refractivity contribution is -0.144. The van der Waals surface area contributed by atoms with E-state index in [1.54, 1.807) is 19.2 Å². The molecule has 8 nitrogen and oxygen atoms in total. The van der Waals surface area contributed by atoms with Crippen LogP contribution in [0.5, 0.6) is 0 Å². The van der Waals surface area contributed by atoms with E-state index < -0.39 is 23.7 Å². The summed E-state index contributed by atoms with van der Waals surface area (Å²) < 4.78 is 55.9. The number of fused-ring (bicyclic) bond motifs is 2. The molecular formula is C22H19F4N7O. The van der Waals surface area contributed by atoms with E-state index in [9.17, 15) is 22.4 Å². The molecule has 4 aromatic rings. The fourth-order valence-electron chi connectivity index (χ4n) is 4.05. The topological polar surface area (TPSA) is 87.5 Å². The molecule has 0 atom stereocenters. The van der Waals surface area contributed by atoms with Gasteiger partial charge in [-0.05, 0) is 19.1 Å². The number of nitrogens with zero attached hydrogens (tertiary/aromatic N) is 5. The highest BCUT2D eigenvalue weighted by Crippen LogP contribution is 2.33. The SMILES string of the molecule is Cc1cn2cc(NC(=O)c3ccc(N4CCNCC4)c4cnc(C(F)(F)F)nc34)cc(F)c2n1. The lowest BCUT2D eigenvalue weighted by atomic mass is 10.1. The van der Waals surface area contributed by atoms with Gasteiger partial charge in [-0.2, -0.15) is 13.2 Å². The van der Waals surface area contributed by atoms with Gasteiger partial charge in [0.05, 0.1) is 22.5 Å². The molecule has 34 heavy (non-hydrogen) atoms. The molecule has 12 heteroatoms. The van der Waals surface area contributed by atoms with Crippen LogP contribution < -0.4 is 15.5 Å². The number of nitrogens with one attached hydrogen (secondary N) is 2. The average Bonchev–Trinajstić information content (AvgIpc) is 3.18. The van der Waals surface area contributed by atoms with Crippen LogP contribution in [0.15, 0.2) is 36.8 Å². The van der Waals surface area contributed by atoms with Gasteiger partial charge in [0.2, 0.25) is 5.82 Å². The Morgan fingerprint density at radius 3 is 2.65 bits per heavy atom. The summed E-state index contributed by atoms with van der Waals surface area (Å²) in [5, 5.41) is 6.10. The number of benzene rings is 1. The Kier molecular flexibility index (Phi) is 5.31. The van der Waals surface area contributed by atoms with Crippen LogP contribution in [-0.2, 0) is 6.18 Å². The van der Waals surface area contributed by atoms with Crippen molar-refractivity contribution in [1.29, 1.82) is 0 Å². The largest absolute Gasteiger partial charge is 0.451 e. The quantitative estimate of drug-likeness (QED) is 0.444. The number of piperazine rings is 1. The molecule has 1 aliphatic heterocycles. The minimum absolute atomic E-state index is 0.0795. The van der Waals surface area contributed by atoms with Crippen LogP contribution in [0.4, 0.5) is 28.9 Å². The Labute approximate surface area is 190 Å². The number of carbonyl (C=O) groups excluding carboxylic acids is 1. The number of anilines is 2. The summed E-state index contributed by atoms with van der Waals surface area (Å²) in [5.74, 6) is -2.71. The second kappa shape index (κ2) is 8.20. The maximum atomic E-state index is 14.4. The molecule has 3 aromatic heterocycles. The Morgan fingerprint density at radius 2 is 1.91 bits per heavy atom. The summed E-state index contributed by atoms with van der Waals surface area (Å²) in [6.45, 7) is 4.42. The van der Waals surface area contributed by atoms with Gasteiger partial charge in [0.25, 0.3) is 5.91 Å². The molecule has 5 rings (SSSR count). The van der Waals surface area contributed by atoms with E-state index in [1.807, 2.05) is 4.90 Å². The molecule has 1 aliphatic rings. The summed E-state index contributed by atoms with van der Waals surface area (Å²) in [5.41, 5.74) is 1.25. The van der Waals surface area contributed by atoms with Crippen LogP contribution in [0.2, 0.25) is 0 Å². The first-order valence-electron chi connectivity index (χ1n) is 10.5. The van der Waals surface area contributed by atoms with Gasteiger partial charge in [-0.25, -0.2) is 19.3 Å². The zero-order valence-electron chi connectivity index (χ0n) is 17.9. The van der Waals surface area contributed by atoms with Gasteiger partial charge in [0.1, 0.15) is 0 Å². The lowest BCUT2D eigenvalue weighted by Gasteiger charge is -2.30. The first kappa shape index (κ1) is 22.0. The standard InChI is InChI=1S/C22H19F4N7O/c1-12-10-33-11-13(8-16(23)19(33)29-12)30-20(34)14-2-3-17(32-6-4-27-5-7-32)15-9-28-21(22(24,25)26)31-18(14)15/h2-3,8-11,27H,4-7H2,1H3,(H,30,34). The molecule has 1 aromatic carbocycles. The zero-order chi connectivity index (χ0) is 24.0. The van der Waals surface area contributed by atoms with Gasteiger partial charge in [-0.15, -0.1) is 0 Å². The molecule has 1 amide bonds. The third-order valence-corrected chi connectivity index (χ3v) is 5.57. The van der Waals surface area contributed by atoms with Gasteiger partial charge >= 0.3 is 6.18 Å². The van der Waals surface area contributed by atoms with E-state index in [4.69, 9.17) is 0 Å². The van der Waals surface area contributed by atoms with E-state index in [0.717, 1.165) is 12.3 Å². The average molecular weight is 473 g/mol. The molecule has 1 fully saturated rings. The highest BCUT2D eigenvalue weighted by atomic mass is 19.4. The summed E-state index contributed by atoms with van der Waals surface area (Å²) in [6, 6.07) is 4.20. The van der Waals surface area contributed by atoms with Crippen molar-refractivity contribution in [1.82, 2.24) is 24.7 Å². The van der Waals surface area contributed by atoms with Crippen LogP contribution in [0.3, 0.4) is 0 Å². The second-order valence-electron chi connectivity index (χ2n) is 7.97. The Hall–Kier alpha value is -3.80. The number of pyridine rings is 1. The van der Waals surface area contributed by atoms with Crippen molar-refractivity contribution in [3.8, 4) is 0 Å². The molecule has 2 N–H and O–H groups in total. The van der Waals surface area contributed by atoms with Crippen molar-refractivity contribution < 1.29 is 22.4 Å². The second-order valence-corrected chi connectivity index (χ2v) is 7.97. The summed E-state index contributed by atoms with van der Waals surface area (Å²) >= 11 is 0. The predicted octanol–water partition coefficient (Wildman–Crippen LogP) is 3.41. The minimum atomic E-state index is -4.78. The molecular weight excluding hydrogens is 454 g/mol. The molecule has 0 aliphatic carbocycles.